The number of hydrogen-bond donors (Lipinski definition) is 0. The van der Waals surface area contributed by atoms with E-state index in [-0.39, 0.29) is 24.2 Å². The highest BCUT2D eigenvalue weighted by molar-refractivity contribution is 5.81. The molecule has 0 aliphatic carbocycles. The summed E-state index contributed by atoms with van der Waals surface area (Å²) in [5, 5.41) is 0. The zero-order valence-corrected chi connectivity index (χ0v) is 14.7. The highest BCUT2D eigenvalue weighted by Gasteiger charge is 2.33. The first-order chi connectivity index (χ1) is 11.8. The van der Waals surface area contributed by atoms with E-state index >= 15 is 0 Å². The highest BCUT2D eigenvalue weighted by Crippen LogP contribution is 2.27. The fourth-order valence-corrected chi connectivity index (χ4v) is 3.27. The average Bonchev–Trinajstić information content (AvgIpc) is 2.55. The molecule has 1 aromatic rings. The number of hydrogen-bond acceptors (Lipinski definition) is 3. The van der Waals surface area contributed by atoms with Crippen molar-refractivity contribution >= 4 is 5.91 Å². The van der Waals surface area contributed by atoms with Gasteiger partial charge in [0.2, 0.25) is 5.91 Å². The molecule has 7 heteroatoms. The Labute approximate surface area is 146 Å². The van der Waals surface area contributed by atoms with Crippen LogP contribution >= 0.6 is 0 Å². The maximum Gasteiger partial charge on any atom is 0.573 e. The summed E-state index contributed by atoms with van der Waals surface area (Å²) in [6.07, 6.45) is -0.909. The van der Waals surface area contributed by atoms with Gasteiger partial charge in [-0.15, -0.1) is 13.2 Å². The van der Waals surface area contributed by atoms with E-state index < -0.39 is 6.36 Å². The number of halogens is 3. The second kappa shape index (κ2) is 8.56. The van der Waals surface area contributed by atoms with Crippen LogP contribution in [0.25, 0.3) is 0 Å². The van der Waals surface area contributed by atoms with Crippen molar-refractivity contribution in [2.45, 2.75) is 51.6 Å². The Kier molecular flexibility index (Phi) is 6.70. The number of likely N-dealkylation sites (N-methyl/N-ethyl adjacent to an activating group) is 1. The molecule has 140 valence electrons. The largest absolute Gasteiger partial charge is 0.573 e. The Hall–Kier alpha value is -1.76. The molecule has 1 unspecified atom stereocenters. The van der Waals surface area contributed by atoms with Gasteiger partial charge in [0.05, 0.1) is 6.04 Å². The summed E-state index contributed by atoms with van der Waals surface area (Å²) in [5.41, 5.74) is 0.341. The molecule has 0 radical (unpaired) electrons. The van der Waals surface area contributed by atoms with Crippen LogP contribution in [0.5, 0.6) is 5.75 Å². The molecule has 1 amide bonds. The number of carbonyl (C=O) groups excluding carboxylic acids is 1. The van der Waals surface area contributed by atoms with Crippen LogP contribution in [0.3, 0.4) is 0 Å². The minimum atomic E-state index is -4.75. The van der Waals surface area contributed by atoms with Gasteiger partial charge in [-0.2, -0.15) is 0 Å². The first-order valence-electron chi connectivity index (χ1n) is 8.64. The molecule has 2 rings (SSSR count). The number of carbonyl (C=O) groups is 1. The molecule has 0 aromatic heterocycles. The van der Waals surface area contributed by atoms with Crippen molar-refractivity contribution in [3.8, 4) is 5.75 Å². The summed E-state index contributed by atoms with van der Waals surface area (Å²) in [5.74, 6) is -0.307. The lowest BCUT2D eigenvalue weighted by Crippen LogP contribution is -2.49. The van der Waals surface area contributed by atoms with Crippen LogP contribution in [0.4, 0.5) is 13.2 Å². The molecular weight excluding hydrogens is 333 g/mol. The van der Waals surface area contributed by atoms with Crippen LogP contribution in [-0.4, -0.2) is 48.2 Å². The Morgan fingerprint density at radius 3 is 2.72 bits per heavy atom. The van der Waals surface area contributed by atoms with Crippen molar-refractivity contribution in [1.82, 2.24) is 9.80 Å². The number of para-hydroxylation sites is 1. The van der Waals surface area contributed by atoms with Crippen LogP contribution in [0.15, 0.2) is 24.3 Å². The molecule has 4 nitrogen and oxygen atoms in total. The van der Waals surface area contributed by atoms with E-state index in [1.54, 1.807) is 19.2 Å². The highest BCUT2D eigenvalue weighted by atomic mass is 19.4. The fourth-order valence-electron chi connectivity index (χ4n) is 3.27. The Bertz CT molecular complexity index is 576. The second-order valence-electron chi connectivity index (χ2n) is 6.40. The van der Waals surface area contributed by atoms with Gasteiger partial charge in [-0.1, -0.05) is 31.5 Å². The van der Waals surface area contributed by atoms with Crippen LogP contribution in [-0.2, 0) is 11.3 Å². The molecule has 1 aromatic carbocycles. The molecule has 1 saturated heterocycles. The monoisotopic (exact) mass is 358 g/mol. The molecular formula is C18H25F3N2O2. The summed E-state index contributed by atoms with van der Waals surface area (Å²) in [7, 11) is 1.63. The minimum absolute atomic E-state index is 0.0463. The maximum absolute atomic E-state index is 12.8. The van der Waals surface area contributed by atoms with E-state index in [9.17, 15) is 18.0 Å². The number of ether oxygens (including phenoxy) is 1. The molecule has 1 atom stereocenters. The van der Waals surface area contributed by atoms with Crippen LogP contribution in [0.2, 0.25) is 0 Å². The summed E-state index contributed by atoms with van der Waals surface area (Å²) < 4.78 is 41.7. The van der Waals surface area contributed by atoms with E-state index in [1.807, 2.05) is 0 Å². The van der Waals surface area contributed by atoms with Gasteiger partial charge in [0.15, 0.2) is 0 Å². The van der Waals surface area contributed by atoms with Gasteiger partial charge in [-0.05, 0) is 38.4 Å². The molecule has 0 N–H and O–H groups in total. The van der Waals surface area contributed by atoms with Crippen LogP contribution in [0, 0.1) is 0 Å². The first kappa shape index (κ1) is 19.6. The Morgan fingerprint density at radius 1 is 1.32 bits per heavy atom. The summed E-state index contributed by atoms with van der Waals surface area (Å²) in [6.45, 7) is 3.91. The summed E-state index contributed by atoms with van der Waals surface area (Å²) in [4.78, 5) is 16.5. The topological polar surface area (TPSA) is 32.8 Å². The number of benzene rings is 1. The number of rotatable bonds is 6. The first-order valence-corrected chi connectivity index (χ1v) is 8.64. The SMILES string of the molecule is CCCN1CCCCC1C(=O)N(C)Cc1ccccc1OC(F)(F)F. The molecule has 1 aliphatic heterocycles. The van der Waals surface area contributed by atoms with E-state index in [0.717, 1.165) is 38.8 Å². The van der Waals surface area contributed by atoms with E-state index in [2.05, 4.69) is 16.6 Å². The van der Waals surface area contributed by atoms with Crippen molar-refractivity contribution < 1.29 is 22.7 Å². The lowest BCUT2D eigenvalue weighted by molar-refractivity contribution is -0.275. The zero-order chi connectivity index (χ0) is 18.4. The van der Waals surface area contributed by atoms with Gasteiger partial charge >= 0.3 is 6.36 Å². The number of amides is 1. The van der Waals surface area contributed by atoms with Gasteiger partial charge < -0.3 is 9.64 Å². The third-order valence-electron chi connectivity index (χ3n) is 4.39. The molecule has 25 heavy (non-hydrogen) atoms. The predicted octanol–water partition coefficient (Wildman–Crippen LogP) is 3.81. The van der Waals surface area contributed by atoms with Gasteiger partial charge in [-0.3, -0.25) is 9.69 Å². The molecule has 1 heterocycles. The lowest BCUT2D eigenvalue weighted by atomic mass is 10.0. The van der Waals surface area contributed by atoms with Crippen molar-refractivity contribution in [1.29, 1.82) is 0 Å². The average molecular weight is 358 g/mol. The molecule has 0 bridgehead atoms. The third-order valence-corrected chi connectivity index (χ3v) is 4.39. The third kappa shape index (κ3) is 5.63. The van der Waals surface area contributed by atoms with E-state index in [1.165, 1.54) is 17.0 Å². The Balaban J connectivity index is 2.08. The molecule has 1 fully saturated rings. The number of piperidine rings is 1. The van der Waals surface area contributed by atoms with Gasteiger partial charge in [0.25, 0.3) is 0 Å². The molecule has 0 saturated carbocycles. The van der Waals surface area contributed by atoms with Crippen molar-refractivity contribution in [2.75, 3.05) is 20.1 Å². The van der Waals surface area contributed by atoms with Crippen molar-refractivity contribution in [3.05, 3.63) is 29.8 Å². The zero-order valence-electron chi connectivity index (χ0n) is 14.7. The van der Waals surface area contributed by atoms with Gasteiger partial charge in [-0.25, -0.2) is 0 Å². The molecule has 0 spiro atoms. The lowest BCUT2D eigenvalue weighted by Gasteiger charge is -2.36. The van der Waals surface area contributed by atoms with E-state index in [0.29, 0.717) is 5.56 Å². The van der Waals surface area contributed by atoms with E-state index in [4.69, 9.17) is 0 Å². The van der Waals surface area contributed by atoms with Crippen molar-refractivity contribution in [2.24, 2.45) is 0 Å². The van der Waals surface area contributed by atoms with Gasteiger partial charge in [0, 0.05) is 19.2 Å². The number of alkyl halides is 3. The summed E-state index contributed by atoms with van der Waals surface area (Å²) in [6, 6.07) is 5.76. The quantitative estimate of drug-likeness (QED) is 0.775. The predicted molar refractivity (Wildman–Crippen MR) is 89.1 cm³/mol. The van der Waals surface area contributed by atoms with Crippen LogP contribution in [0.1, 0.15) is 38.2 Å². The van der Waals surface area contributed by atoms with Gasteiger partial charge in [0.1, 0.15) is 5.75 Å². The smallest absolute Gasteiger partial charge is 0.405 e. The maximum atomic E-state index is 12.8. The number of nitrogens with zero attached hydrogens (tertiary/aromatic N) is 2. The van der Waals surface area contributed by atoms with Crippen molar-refractivity contribution in [3.63, 3.8) is 0 Å². The normalized spacial score (nSPS) is 18.8. The number of likely N-dealkylation sites (tertiary alicyclic amines) is 1. The minimum Gasteiger partial charge on any atom is -0.405 e. The second-order valence-corrected chi connectivity index (χ2v) is 6.40. The standard InChI is InChI=1S/C18H25F3N2O2/c1-3-11-23-12-7-6-9-15(23)17(24)22(2)13-14-8-4-5-10-16(14)25-18(19,20)21/h4-5,8,10,15H,3,6-7,9,11-13H2,1-2H3. The Morgan fingerprint density at radius 2 is 2.04 bits per heavy atom. The van der Waals surface area contributed by atoms with Crippen LogP contribution < -0.4 is 4.74 Å². The molecule has 1 aliphatic rings. The fraction of sp³-hybridized carbons (Fsp3) is 0.611. The summed E-state index contributed by atoms with van der Waals surface area (Å²) >= 11 is 0.